The molecule has 1 saturated heterocycles. The second kappa shape index (κ2) is 14.0. The average molecular weight is 494 g/mol. The zero-order valence-electron chi connectivity index (χ0n) is 16.2. The van der Waals surface area contributed by atoms with Crippen LogP contribution in [0.5, 0.6) is 5.75 Å². The lowest BCUT2D eigenvalue weighted by atomic mass is 10.2. The first-order valence-corrected chi connectivity index (χ1v) is 9.34. The highest BCUT2D eigenvalue weighted by Gasteiger charge is 2.09. The Balaban J connectivity index is 0.00000364. The lowest BCUT2D eigenvalue weighted by Crippen LogP contribution is -2.42. The number of hydrogen-bond acceptors (Lipinski definition) is 4. The second-order valence-corrected chi connectivity index (χ2v) is 6.43. The molecule has 0 spiro atoms. The number of guanidine groups is 1. The monoisotopic (exact) mass is 494 g/mol. The summed E-state index contributed by atoms with van der Waals surface area (Å²) in [6.45, 7) is 8.31. The summed E-state index contributed by atoms with van der Waals surface area (Å²) in [5.41, 5.74) is 0. The van der Waals surface area contributed by atoms with Crippen molar-refractivity contribution in [1.29, 1.82) is 0 Å². The highest BCUT2D eigenvalue weighted by Crippen LogP contribution is 2.13. The summed E-state index contributed by atoms with van der Waals surface area (Å²) in [7, 11) is 1.75. The van der Waals surface area contributed by atoms with Crippen LogP contribution >= 0.6 is 24.0 Å². The van der Waals surface area contributed by atoms with Gasteiger partial charge in [-0.1, -0.05) is 6.07 Å². The lowest BCUT2D eigenvalue weighted by molar-refractivity contribution is 0.0372. The number of ether oxygens (including phenoxy) is 2. The van der Waals surface area contributed by atoms with Gasteiger partial charge in [0.05, 0.1) is 19.8 Å². The Hall–Kier alpha value is -1.13. The summed E-state index contributed by atoms with van der Waals surface area (Å²) < 4.78 is 24.2. The fourth-order valence-corrected chi connectivity index (χ4v) is 2.77. The molecule has 0 amide bonds. The van der Waals surface area contributed by atoms with E-state index in [1.54, 1.807) is 19.2 Å². The minimum absolute atomic E-state index is 0. The number of nitrogens with zero attached hydrogens (tertiary/aromatic N) is 2. The van der Waals surface area contributed by atoms with Crippen LogP contribution in [0, 0.1) is 5.82 Å². The van der Waals surface area contributed by atoms with Gasteiger partial charge >= 0.3 is 0 Å². The van der Waals surface area contributed by atoms with Crippen molar-refractivity contribution in [1.82, 2.24) is 15.5 Å². The van der Waals surface area contributed by atoms with Crippen LogP contribution in [-0.4, -0.2) is 69.9 Å². The van der Waals surface area contributed by atoms with E-state index in [-0.39, 0.29) is 35.9 Å². The topological polar surface area (TPSA) is 58.1 Å². The van der Waals surface area contributed by atoms with E-state index in [9.17, 15) is 4.39 Å². The van der Waals surface area contributed by atoms with Crippen LogP contribution in [0.25, 0.3) is 0 Å². The predicted molar refractivity (Wildman–Crippen MR) is 118 cm³/mol. The lowest BCUT2D eigenvalue weighted by Gasteiger charge is -2.26. The molecular weight excluding hydrogens is 462 g/mol. The zero-order valence-corrected chi connectivity index (χ0v) is 18.6. The van der Waals surface area contributed by atoms with Crippen LogP contribution < -0.4 is 15.4 Å². The highest BCUT2D eigenvalue weighted by molar-refractivity contribution is 14.0. The van der Waals surface area contributed by atoms with Crippen molar-refractivity contribution in [2.24, 2.45) is 4.99 Å². The molecule has 0 aliphatic carbocycles. The van der Waals surface area contributed by atoms with E-state index in [4.69, 9.17) is 9.47 Å². The molecule has 1 aliphatic rings. The van der Waals surface area contributed by atoms with E-state index < -0.39 is 0 Å². The summed E-state index contributed by atoms with van der Waals surface area (Å²) in [6.07, 6.45) is 2.15. The van der Waals surface area contributed by atoms with E-state index in [0.29, 0.717) is 12.3 Å². The summed E-state index contributed by atoms with van der Waals surface area (Å²) in [4.78, 5) is 6.67. The largest absolute Gasteiger partial charge is 0.489 e. The number of rotatable bonds is 9. The molecule has 27 heavy (non-hydrogen) atoms. The van der Waals surface area contributed by atoms with Gasteiger partial charge in [0.15, 0.2) is 5.96 Å². The molecule has 0 bridgehead atoms. The molecule has 0 aromatic heterocycles. The molecule has 1 heterocycles. The van der Waals surface area contributed by atoms with Crippen LogP contribution in [0.1, 0.15) is 19.8 Å². The number of benzene rings is 1. The molecule has 1 fully saturated rings. The molecule has 2 N–H and O–H groups in total. The van der Waals surface area contributed by atoms with Crippen LogP contribution in [0.4, 0.5) is 4.39 Å². The first kappa shape index (κ1) is 23.9. The van der Waals surface area contributed by atoms with Crippen molar-refractivity contribution < 1.29 is 13.9 Å². The molecule has 0 saturated carbocycles. The van der Waals surface area contributed by atoms with E-state index in [2.05, 4.69) is 20.5 Å². The number of morpholine rings is 1. The van der Waals surface area contributed by atoms with Crippen molar-refractivity contribution in [2.75, 3.05) is 53.0 Å². The summed E-state index contributed by atoms with van der Waals surface area (Å²) in [5.74, 6) is 0.994. The standard InChI is InChI=1S/C19H31FN4O2.HI/c1-16(26-18-7-5-6-17(20)14-18)15-23-19(21-2)22-8-3-4-9-24-10-12-25-13-11-24;/h5-7,14,16H,3-4,8-13,15H2,1-2H3,(H2,21,22,23);1H. The number of aliphatic imine (C=N–C) groups is 1. The van der Waals surface area contributed by atoms with Gasteiger partial charge in [-0.25, -0.2) is 4.39 Å². The van der Waals surface area contributed by atoms with E-state index in [1.165, 1.54) is 12.1 Å². The molecule has 1 aromatic rings. The quantitative estimate of drug-likeness (QED) is 0.239. The fourth-order valence-electron chi connectivity index (χ4n) is 2.77. The van der Waals surface area contributed by atoms with Crippen molar-refractivity contribution >= 4 is 29.9 Å². The van der Waals surface area contributed by atoms with Crippen molar-refractivity contribution in [2.45, 2.75) is 25.9 Å². The van der Waals surface area contributed by atoms with Gasteiger partial charge in [-0.05, 0) is 38.4 Å². The molecule has 1 unspecified atom stereocenters. The maximum Gasteiger partial charge on any atom is 0.191 e. The van der Waals surface area contributed by atoms with E-state index in [1.807, 2.05) is 6.92 Å². The van der Waals surface area contributed by atoms with Gasteiger partial charge in [-0.2, -0.15) is 0 Å². The molecule has 8 heteroatoms. The molecule has 1 aliphatic heterocycles. The summed E-state index contributed by atoms with van der Waals surface area (Å²) in [6, 6.07) is 6.18. The third-order valence-corrected chi connectivity index (χ3v) is 4.21. The van der Waals surface area contributed by atoms with Gasteiger partial charge in [0.1, 0.15) is 17.7 Å². The molecule has 6 nitrogen and oxygen atoms in total. The van der Waals surface area contributed by atoms with Gasteiger partial charge in [0, 0.05) is 32.7 Å². The Labute approximate surface area is 178 Å². The third kappa shape index (κ3) is 10.1. The van der Waals surface area contributed by atoms with Crippen LogP contribution in [-0.2, 0) is 4.74 Å². The Morgan fingerprint density at radius 3 is 2.78 bits per heavy atom. The first-order chi connectivity index (χ1) is 12.7. The van der Waals surface area contributed by atoms with Crippen molar-refractivity contribution in [3.05, 3.63) is 30.1 Å². The number of unbranched alkanes of at least 4 members (excludes halogenated alkanes) is 1. The maximum absolute atomic E-state index is 13.2. The molecule has 154 valence electrons. The number of halogens is 2. The van der Waals surface area contributed by atoms with Crippen LogP contribution in [0.2, 0.25) is 0 Å². The van der Waals surface area contributed by atoms with Crippen LogP contribution in [0.15, 0.2) is 29.3 Å². The molecule has 0 radical (unpaired) electrons. The van der Waals surface area contributed by atoms with Gasteiger partial charge in [0.2, 0.25) is 0 Å². The number of hydrogen-bond donors (Lipinski definition) is 2. The smallest absolute Gasteiger partial charge is 0.191 e. The van der Waals surface area contributed by atoms with Gasteiger partial charge in [-0.15, -0.1) is 24.0 Å². The minimum Gasteiger partial charge on any atom is -0.489 e. The molecule has 1 atom stereocenters. The number of nitrogens with one attached hydrogen (secondary N) is 2. The highest BCUT2D eigenvalue weighted by atomic mass is 127. The Morgan fingerprint density at radius 1 is 1.30 bits per heavy atom. The van der Waals surface area contributed by atoms with E-state index in [0.717, 1.165) is 58.2 Å². The normalized spacial score (nSPS) is 16.3. The van der Waals surface area contributed by atoms with Gasteiger partial charge in [0.25, 0.3) is 0 Å². The summed E-state index contributed by atoms with van der Waals surface area (Å²) >= 11 is 0. The SMILES string of the molecule is CN=C(NCCCCN1CCOCC1)NCC(C)Oc1cccc(F)c1.I. The molecule has 1 aromatic carbocycles. The van der Waals surface area contributed by atoms with Gasteiger partial charge < -0.3 is 20.1 Å². The zero-order chi connectivity index (χ0) is 18.6. The maximum atomic E-state index is 13.2. The van der Waals surface area contributed by atoms with Crippen LogP contribution in [0.3, 0.4) is 0 Å². The first-order valence-electron chi connectivity index (χ1n) is 9.34. The summed E-state index contributed by atoms with van der Waals surface area (Å²) in [5, 5.41) is 6.55. The average Bonchev–Trinajstić information content (AvgIpc) is 2.65. The van der Waals surface area contributed by atoms with Crippen molar-refractivity contribution in [3.63, 3.8) is 0 Å². The minimum atomic E-state index is -0.294. The van der Waals surface area contributed by atoms with Crippen molar-refractivity contribution in [3.8, 4) is 5.75 Å². The predicted octanol–water partition coefficient (Wildman–Crippen LogP) is 2.49. The van der Waals surface area contributed by atoms with Gasteiger partial charge in [-0.3, -0.25) is 9.89 Å². The third-order valence-electron chi connectivity index (χ3n) is 4.21. The van der Waals surface area contributed by atoms with E-state index >= 15 is 0 Å². The Bertz CT molecular complexity index is 556. The molecule has 2 rings (SSSR count). The Morgan fingerprint density at radius 2 is 2.07 bits per heavy atom. The fraction of sp³-hybridized carbons (Fsp3) is 0.632. The Kier molecular flexibility index (Phi) is 12.4. The molecular formula is C19H32FIN4O2. The second-order valence-electron chi connectivity index (χ2n) is 6.43.